The predicted octanol–water partition coefficient (Wildman–Crippen LogP) is 16.8. The van der Waals surface area contributed by atoms with Crippen LogP contribution in [0.4, 0.5) is 0 Å². The van der Waals surface area contributed by atoms with Gasteiger partial charge in [-0.25, -0.2) is 15.0 Å². The van der Waals surface area contributed by atoms with Gasteiger partial charge in [0.1, 0.15) is 0 Å². The standard InChI is InChI=1S/C64H57N3/c1-41(2)54-20-12-13-21-56(54)55-34-32-49(36-42(55)3)51-37-52(50-33-35-58-57-22-14-15-23-59(57)64(4,5)60(58)40-50)39-53(38-51)63-66-61(47-28-24-45(25-29-47)43-16-8-6-9-17-43)65-62(67-63)48-30-26-46(27-31-48)44-18-10-7-11-19-44/h6-10,13-18,21-41,57,59H,11-12,19-20H2,1-5H3. The van der Waals surface area contributed by atoms with E-state index in [-0.39, 0.29) is 5.41 Å². The summed E-state index contributed by atoms with van der Waals surface area (Å²) in [7, 11) is 0. The van der Waals surface area contributed by atoms with Crippen LogP contribution in [-0.2, 0) is 5.41 Å². The van der Waals surface area contributed by atoms with Gasteiger partial charge in [-0.1, -0.05) is 203 Å². The fraction of sp³-hybridized carbons (Fsp3) is 0.203. The van der Waals surface area contributed by atoms with E-state index in [2.05, 4.69) is 223 Å². The van der Waals surface area contributed by atoms with Crippen molar-refractivity contribution in [3.8, 4) is 67.5 Å². The molecule has 0 bridgehead atoms. The van der Waals surface area contributed by atoms with Crippen molar-refractivity contribution >= 4 is 11.1 Å². The molecule has 0 saturated carbocycles. The molecule has 4 aliphatic rings. The van der Waals surface area contributed by atoms with Crippen LogP contribution in [0.3, 0.4) is 0 Å². The summed E-state index contributed by atoms with van der Waals surface area (Å²) in [4.78, 5) is 15.9. The van der Waals surface area contributed by atoms with Crippen molar-refractivity contribution in [2.45, 2.75) is 71.6 Å². The van der Waals surface area contributed by atoms with E-state index < -0.39 is 0 Å². The average molecular weight is 868 g/mol. The van der Waals surface area contributed by atoms with Crippen LogP contribution in [0.5, 0.6) is 0 Å². The van der Waals surface area contributed by atoms with Crippen LogP contribution in [0, 0.1) is 18.8 Å². The summed E-state index contributed by atoms with van der Waals surface area (Å²) < 4.78 is 0. The summed E-state index contributed by atoms with van der Waals surface area (Å²) in [5.74, 6) is 3.29. The molecule has 11 rings (SSSR count). The fourth-order valence-corrected chi connectivity index (χ4v) is 11.0. The van der Waals surface area contributed by atoms with Crippen molar-refractivity contribution in [3.05, 3.63) is 222 Å². The Balaban J connectivity index is 1.07. The van der Waals surface area contributed by atoms with Crippen LogP contribution in [0.1, 0.15) is 87.1 Å². The van der Waals surface area contributed by atoms with Crippen molar-refractivity contribution in [2.75, 3.05) is 0 Å². The summed E-state index contributed by atoms with van der Waals surface area (Å²) >= 11 is 0. The highest BCUT2D eigenvalue weighted by Crippen LogP contribution is 2.53. The zero-order valence-corrected chi connectivity index (χ0v) is 39.3. The first kappa shape index (κ1) is 42.4. The van der Waals surface area contributed by atoms with E-state index in [9.17, 15) is 0 Å². The first-order chi connectivity index (χ1) is 32.7. The molecular formula is C64H57N3. The van der Waals surface area contributed by atoms with E-state index >= 15 is 0 Å². The SMILES string of the molecule is Cc1cc(-c2cc(-c3ccc4c(c3)C(C)(C)C3C=CC=CC43)cc(-c3nc(-c4ccc(C5=CC=CCC5)cc4)nc(-c4ccc(-c5ccccc5)cc4)n3)c2)ccc1C1=C(C(C)C)CCC=C1. The van der Waals surface area contributed by atoms with Gasteiger partial charge in [-0.3, -0.25) is 0 Å². The van der Waals surface area contributed by atoms with E-state index in [4.69, 9.17) is 15.0 Å². The lowest BCUT2D eigenvalue weighted by Crippen LogP contribution is -2.24. The molecule has 3 heteroatoms. The Hall–Kier alpha value is -7.23. The third kappa shape index (κ3) is 8.12. The largest absolute Gasteiger partial charge is 0.208 e. The minimum Gasteiger partial charge on any atom is -0.208 e. The van der Waals surface area contributed by atoms with Crippen molar-refractivity contribution < 1.29 is 0 Å². The number of aromatic nitrogens is 3. The topological polar surface area (TPSA) is 38.7 Å². The molecule has 0 spiro atoms. The van der Waals surface area contributed by atoms with Gasteiger partial charge in [0.15, 0.2) is 17.5 Å². The lowest BCUT2D eigenvalue weighted by atomic mass is 9.74. The molecule has 328 valence electrons. The zero-order valence-electron chi connectivity index (χ0n) is 39.3. The van der Waals surface area contributed by atoms with Crippen LogP contribution in [-0.4, -0.2) is 15.0 Å². The molecule has 1 heterocycles. The fourth-order valence-electron chi connectivity index (χ4n) is 11.0. The van der Waals surface area contributed by atoms with Crippen molar-refractivity contribution in [3.63, 3.8) is 0 Å². The summed E-state index contributed by atoms with van der Waals surface area (Å²) in [6.45, 7) is 11.7. The molecule has 0 N–H and O–H groups in total. The lowest BCUT2D eigenvalue weighted by Gasteiger charge is -2.29. The molecule has 0 aliphatic heterocycles. The van der Waals surface area contributed by atoms with Crippen molar-refractivity contribution in [1.29, 1.82) is 0 Å². The van der Waals surface area contributed by atoms with Crippen LogP contribution >= 0.6 is 0 Å². The predicted molar refractivity (Wildman–Crippen MR) is 281 cm³/mol. The molecule has 0 fully saturated rings. The molecule has 2 unspecified atom stereocenters. The first-order valence-corrected chi connectivity index (χ1v) is 24.2. The van der Waals surface area contributed by atoms with Gasteiger partial charge in [-0.15, -0.1) is 0 Å². The molecule has 0 amide bonds. The molecule has 3 nitrogen and oxygen atoms in total. The number of fused-ring (bicyclic) bond motifs is 3. The van der Waals surface area contributed by atoms with E-state index in [0.717, 1.165) is 59.1 Å². The Kier molecular flexibility index (Phi) is 11.1. The van der Waals surface area contributed by atoms with E-state index in [1.54, 1.807) is 5.57 Å². The number of aryl methyl sites for hydroxylation is 1. The Morgan fingerprint density at radius 2 is 1.10 bits per heavy atom. The van der Waals surface area contributed by atoms with E-state index in [0.29, 0.717) is 35.2 Å². The van der Waals surface area contributed by atoms with Gasteiger partial charge in [-0.05, 0) is 140 Å². The minimum atomic E-state index is -0.00438. The Morgan fingerprint density at radius 1 is 0.522 bits per heavy atom. The van der Waals surface area contributed by atoms with Gasteiger partial charge in [0.25, 0.3) is 0 Å². The second kappa shape index (κ2) is 17.5. The monoisotopic (exact) mass is 867 g/mol. The normalized spacial score (nSPS) is 18.0. The maximum atomic E-state index is 5.35. The second-order valence-corrected chi connectivity index (χ2v) is 19.7. The van der Waals surface area contributed by atoms with Gasteiger partial charge >= 0.3 is 0 Å². The van der Waals surface area contributed by atoms with Crippen LogP contribution in [0.25, 0.3) is 78.7 Å². The second-order valence-electron chi connectivity index (χ2n) is 19.7. The van der Waals surface area contributed by atoms with E-state index in [1.807, 2.05) is 0 Å². The maximum absolute atomic E-state index is 5.35. The van der Waals surface area contributed by atoms with Crippen molar-refractivity contribution in [1.82, 2.24) is 15.0 Å². The summed E-state index contributed by atoms with van der Waals surface area (Å²) in [6, 6.07) is 49.0. The third-order valence-corrected chi connectivity index (χ3v) is 14.8. The molecule has 1 aromatic heterocycles. The highest BCUT2D eigenvalue weighted by Gasteiger charge is 2.44. The number of benzene rings is 6. The molecule has 4 aliphatic carbocycles. The summed E-state index contributed by atoms with van der Waals surface area (Å²) in [6.07, 6.45) is 24.9. The summed E-state index contributed by atoms with van der Waals surface area (Å²) in [5.41, 5.74) is 20.8. The molecule has 6 aromatic carbocycles. The minimum absolute atomic E-state index is 0.00438. The van der Waals surface area contributed by atoms with Gasteiger partial charge in [-0.2, -0.15) is 0 Å². The Bertz CT molecular complexity index is 3220. The smallest absolute Gasteiger partial charge is 0.164 e. The zero-order chi connectivity index (χ0) is 45.6. The highest BCUT2D eigenvalue weighted by molar-refractivity contribution is 5.85. The highest BCUT2D eigenvalue weighted by atomic mass is 15.0. The van der Waals surface area contributed by atoms with Crippen LogP contribution in [0.15, 0.2) is 194 Å². The quantitative estimate of drug-likeness (QED) is 0.145. The van der Waals surface area contributed by atoms with Gasteiger partial charge in [0.2, 0.25) is 0 Å². The van der Waals surface area contributed by atoms with E-state index in [1.165, 1.54) is 55.7 Å². The number of hydrogen-bond acceptors (Lipinski definition) is 3. The molecule has 0 saturated heterocycles. The van der Waals surface area contributed by atoms with Crippen LogP contribution < -0.4 is 0 Å². The number of nitrogens with zero attached hydrogens (tertiary/aromatic N) is 3. The van der Waals surface area contributed by atoms with Gasteiger partial charge < -0.3 is 0 Å². The third-order valence-electron chi connectivity index (χ3n) is 14.8. The molecule has 67 heavy (non-hydrogen) atoms. The first-order valence-electron chi connectivity index (χ1n) is 24.2. The molecule has 2 atom stereocenters. The average Bonchev–Trinajstić information content (AvgIpc) is 3.61. The van der Waals surface area contributed by atoms with Gasteiger partial charge in [0, 0.05) is 22.6 Å². The Morgan fingerprint density at radius 3 is 1.78 bits per heavy atom. The number of rotatable bonds is 9. The molecule has 0 radical (unpaired) electrons. The molecular weight excluding hydrogens is 811 g/mol. The summed E-state index contributed by atoms with van der Waals surface area (Å²) in [5, 5.41) is 0. The number of allylic oxidation sites excluding steroid dienone is 12. The van der Waals surface area contributed by atoms with Gasteiger partial charge in [0.05, 0.1) is 0 Å². The Labute approximate surface area is 396 Å². The lowest BCUT2D eigenvalue weighted by molar-refractivity contribution is 0.394. The maximum Gasteiger partial charge on any atom is 0.164 e. The van der Waals surface area contributed by atoms with Crippen LogP contribution in [0.2, 0.25) is 0 Å². The number of hydrogen-bond donors (Lipinski definition) is 0. The molecule has 7 aromatic rings. The van der Waals surface area contributed by atoms with Crippen molar-refractivity contribution in [2.24, 2.45) is 11.8 Å².